The molecule has 1 unspecified atom stereocenters. The second-order valence-corrected chi connectivity index (χ2v) is 3.28. The summed E-state index contributed by atoms with van der Waals surface area (Å²) in [6.45, 7) is -0.509. The van der Waals surface area contributed by atoms with Gasteiger partial charge in [-0.1, -0.05) is 0 Å². The maximum absolute atomic E-state index is 10.8. The molecule has 0 aromatic heterocycles. The summed E-state index contributed by atoms with van der Waals surface area (Å²) < 4.78 is 10.1. The van der Waals surface area contributed by atoms with E-state index in [0.717, 1.165) is 0 Å². The summed E-state index contributed by atoms with van der Waals surface area (Å²) in [6, 6.07) is 3.85. The molecule has 17 heavy (non-hydrogen) atoms. The van der Waals surface area contributed by atoms with Crippen molar-refractivity contribution in [3.8, 4) is 11.5 Å². The summed E-state index contributed by atoms with van der Waals surface area (Å²) in [6.07, 6.45) is 0. The van der Waals surface area contributed by atoms with E-state index in [0.29, 0.717) is 17.2 Å². The average molecular weight is 241 g/mol. The third-order valence-corrected chi connectivity index (χ3v) is 2.22. The highest BCUT2D eigenvalue weighted by molar-refractivity contribution is 5.78. The zero-order valence-electron chi connectivity index (χ0n) is 9.64. The van der Waals surface area contributed by atoms with Crippen molar-refractivity contribution >= 4 is 11.7 Å². The quantitative estimate of drug-likeness (QED) is 0.674. The van der Waals surface area contributed by atoms with Gasteiger partial charge in [0, 0.05) is 6.07 Å². The zero-order valence-corrected chi connectivity index (χ0v) is 9.64. The zero-order chi connectivity index (χ0) is 12.8. The topological polar surface area (TPSA) is 88.0 Å². The van der Waals surface area contributed by atoms with Gasteiger partial charge in [-0.2, -0.15) is 0 Å². The van der Waals surface area contributed by atoms with E-state index < -0.39 is 18.6 Å². The fourth-order valence-electron chi connectivity index (χ4n) is 1.29. The highest BCUT2D eigenvalue weighted by Gasteiger charge is 2.17. The van der Waals surface area contributed by atoms with Gasteiger partial charge in [-0.25, -0.2) is 4.79 Å². The summed E-state index contributed by atoms with van der Waals surface area (Å²) in [4.78, 5) is 10.8. The number of ether oxygens (including phenoxy) is 2. The second kappa shape index (κ2) is 5.95. The third kappa shape index (κ3) is 3.25. The Balaban J connectivity index is 2.93. The smallest absolute Gasteiger partial charge is 0.328 e. The fourth-order valence-corrected chi connectivity index (χ4v) is 1.29. The van der Waals surface area contributed by atoms with Crippen molar-refractivity contribution in [1.82, 2.24) is 0 Å². The lowest BCUT2D eigenvalue weighted by atomic mass is 10.2. The highest BCUT2D eigenvalue weighted by Crippen LogP contribution is 2.29. The van der Waals surface area contributed by atoms with Crippen LogP contribution in [0.3, 0.4) is 0 Å². The highest BCUT2D eigenvalue weighted by atomic mass is 16.5. The third-order valence-electron chi connectivity index (χ3n) is 2.22. The Hall–Kier alpha value is -1.95. The Labute approximate surface area is 98.8 Å². The summed E-state index contributed by atoms with van der Waals surface area (Å²) in [7, 11) is 2.99. The molecule has 1 aromatic rings. The maximum Gasteiger partial charge on any atom is 0.328 e. The molecule has 0 heterocycles. The molecule has 0 radical (unpaired) electrons. The van der Waals surface area contributed by atoms with Crippen molar-refractivity contribution < 1.29 is 24.5 Å². The predicted molar refractivity (Wildman–Crippen MR) is 61.7 cm³/mol. The van der Waals surface area contributed by atoms with E-state index in [1.807, 2.05) is 0 Å². The molecule has 0 aliphatic carbocycles. The number of carboxylic acids is 1. The Morgan fingerprint density at radius 2 is 2.12 bits per heavy atom. The molecular formula is C11H15NO5. The minimum atomic E-state index is -1.13. The Morgan fingerprint density at radius 1 is 1.41 bits per heavy atom. The molecule has 0 aliphatic heterocycles. The van der Waals surface area contributed by atoms with E-state index in [2.05, 4.69) is 5.32 Å². The van der Waals surface area contributed by atoms with Crippen LogP contribution in [0.2, 0.25) is 0 Å². The van der Waals surface area contributed by atoms with Crippen molar-refractivity contribution in [1.29, 1.82) is 0 Å². The molecule has 0 amide bonds. The van der Waals surface area contributed by atoms with E-state index in [-0.39, 0.29) is 0 Å². The molecule has 94 valence electrons. The van der Waals surface area contributed by atoms with Crippen LogP contribution in [0.25, 0.3) is 0 Å². The predicted octanol–water partition coefficient (Wildman–Crippen LogP) is 0.561. The van der Waals surface area contributed by atoms with Gasteiger partial charge in [-0.05, 0) is 12.1 Å². The number of nitrogens with one attached hydrogen (secondary N) is 1. The number of hydrogen-bond donors (Lipinski definition) is 3. The van der Waals surface area contributed by atoms with Gasteiger partial charge in [-0.3, -0.25) is 0 Å². The second-order valence-electron chi connectivity index (χ2n) is 3.28. The van der Waals surface area contributed by atoms with Crippen LogP contribution in [0.4, 0.5) is 5.69 Å². The monoisotopic (exact) mass is 241 g/mol. The number of methoxy groups -OCH3 is 2. The molecule has 1 atom stereocenters. The number of anilines is 1. The van der Waals surface area contributed by atoms with Crippen LogP contribution in [0, 0.1) is 0 Å². The molecule has 6 heteroatoms. The van der Waals surface area contributed by atoms with E-state index in [1.165, 1.54) is 14.2 Å². The molecule has 0 fully saturated rings. The van der Waals surface area contributed by atoms with Gasteiger partial charge in [0.05, 0.1) is 26.5 Å². The molecule has 3 N–H and O–H groups in total. The Morgan fingerprint density at radius 3 is 2.59 bits per heavy atom. The summed E-state index contributed by atoms with van der Waals surface area (Å²) >= 11 is 0. The van der Waals surface area contributed by atoms with Crippen molar-refractivity contribution in [2.24, 2.45) is 0 Å². The normalized spacial score (nSPS) is 11.7. The first-order valence-electron chi connectivity index (χ1n) is 4.94. The van der Waals surface area contributed by atoms with E-state index in [4.69, 9.17) is 19.7 Å². The number of aliphatic hydroxyl groups is 1. The molecule has 1 rings (SSSR count). The van der Waals surface area contributed by atoms with Crippen LogP contribution in [0.1, 0.15) is 0 Å². The van der Waals surface area contributed by atoms with E-state index in [9.17, 15) is 4.79 Å². The van der Waals surface area contributed by atoms with E-state index in [1.54, 1.807) is 18.2 Å². The first-order valence-corrected chi connectivity index (χ1v) is 4.94. The number of aliphatic hydroxyl groups excluding tert-OH is 1. The largest absolute Gasteiger partial charge is 0.497 e. The number of carboxylic acid groups (broad SMARTS) is 1. The van der Waals surface area contributed by atoms with Crippen molar-refractivity contribution in [2.45, 2.75) is 6.04 Å². The lowest BCUT2D eigenvalue weighted by Gasteiger charge is -2.16. The number of aliphatic carboxylic acids is 1. The summed E-state index contributed by atoms with van der Waals surface area (Å²) in [5, 5.41) is 20.4. The van der Waals surface area contributed by atoms with Crippen molar-refractivity contribution in [2.75, 3.05) is 26.1 Å². The van der Waals surface area contributed by atoms with Crippen molar-refractivity contribution in [3.05, 3.63) is 18.2 Å². The maximum atomic E-state index is 10.8. The summed E-state index contributed by atoms with van der Waals surface area (Å²) in [5.74, 6) is -0.0855. The molecule has 1 aromatic carbocycles. The van der Waals surface area contributed by atoms with Crippen molar-refractivity contribution in [3.63, 3.8) is 0 Å². The minimum Gasteiger partial charge on any atom is -0.497 e. The van der Waals surface area contributed by atoms with Gasteiger partial charge in [0.2, 0.25) is 0 Å². The lowest BCUT2D eigenvalue weighted by molar-refractivity contribution is -0.138. The van der Waals surface area contributed by atoms with Gasteiger partial charge in [0.1, 0.15) is 17.5 Å². The molecule has 0 saturated carbocycles. The van der Waals surface area contributed by atoms with Crippen LogP contribution < -0.4 is 14.8 Å². The van der Waals surface area contributed by atoms with Gasteiger partial charge >= 0.3 is 5.97 Å². The minimum absolute atomic E-state index is 0.448. The number of carbonyl (C=O) groups is 1. The Kier molecular flexibility index (Phi) is 4.59. The summed E-state index contributed by atoms with van der Waals surface area (Å²) in [5.41, 5.74) is 0.481. The molecule has 6 nitrogen and oxygen atoms in total. The molecule has 0 spiro atoms. The fraction of sp³-hybridized carbons (Fsp3) is 0.364. The van der Waals surface area contributed by atoms with Crippen LogP contribution >= 0.6 is 0 Å². The van der Waals surface area contributed by atoms with Crippen LogP contribution in [-0.2, 0) is 4.79 Å². The number of hydrogen-bond acceptors (Lipinski definition) is 5. The molecular weight excluding hydrogens is 226 g/mol. The Bertz CT molecular complexity index is 393. The van der Waals surface area contributed by atoms with Gasteiger partial charge in [0.25, 0.3) is 0 Å². The standard InChI is InChI=1S/C11H15NO5/c1-16-7-3-4-8(10(5-7)17-2)12-9(6-13)11(14)15/h3-5,9,12-13H,6H2,1-2H3,(H,14,15). The van der Waals surface area contributed by atoms with E-state index >= 15 is 0 Å². The SMILES string of the molecule is COc1ccc(NC(CO)C(=O)O)c(OC)c1. The van der Waals surface area contributed by atoms with Crippen LogP contribution in [-0.4, -0.2) is 43.1 Å². The van der Waals surface area contributed by atoms with Gasteiger partial charge < -0.3 is 25.0 Å². The van der Waals surface area contributed by atoms with Gasteiger partial charge in [0.15, 0.2) is 0 Å². The molecule has 0 bridgehead atoms. The molecule has 0 aliphatic rings. The first kappa shape index (κ1) is 13.1. The van der Waals surface area contributed by atoms with Crippen LogP contribution in [0.5, 0.6) is 11.5 Å². The lowest BCUT2D eigenvalue weighted by Crippen LogP contribution is -2.32. The molecule has 0 saturated heterocycles. The first-order chi connectivity index (χ1) is 8.12. The van der Waals surface area contributed by atoms with Gasteiger partial charge in [-0.15, -0.1) is 0 Å². The number of benzene rings is 1. The van der Waals surface area contributed by atoms with Crippen LogP contribution in [0.15, 0.2) is 18.2 Å². The number of rotatable bonds is 6. The average Bonchev–Trinajstić information content (AvgIpc) is 2.35.